The first-order valence-electron chi connectivity index (χ1n) is 5.66. The number of hydrogen-bond acceptors (Lipinski definition) is 3. The molecule has 18 heavy (non-hydrogen) atoms. The lowest BCUT2D eigenvalue weighted by molar-refractivity contribution is 0.214. The van der Waals surface area contributed by atoms with Crippen molar-refractivity contribution in [2.75, 3.05) is 5.73 Å². The van der Waals surface area contributed by atoms with E-state index in [0.717, 1.165) is 11.1 Å². The number of nitrogens with zero attached hydrogens (tertiary/aromatic N) is 1. The zero-order valence-corrected chi connectivity index (χ0v) is 10.3. The molecule has 0 aliphatic carbocycles. The average Bonchev–Trinajstić information content (AvgIpc) is 2.32. The minimum Gasteiger partial charge on any atom is -0.383 e. The van der Waals surface area contributed by atoms with Crippen molar-refractivity contribution in [3.63, 3.8) is 0 Å². The first-order valence-corrected chi connectivity index (χ1v) is 5.66. The van der Waals surface area contributed by atoms with Crippen molar-refractivity contribution in [3.05, 3.63) is 58.5 Å². The minimum atomic E-state index is -1.10. The molecule has 0 fully saturated rings. The highest BCUT2D eigenvalue weighted by Gasteiger charge is 2.20. The van der Waals surface area contributed by atoms with E-state index in [1.54, 1.807) is 24.4 Å². The predicted molar refractivity (Wildman–Crippen MR) is 68.6 cm³/mol. The van der Waals surface area contributed by atoms with Crippen LogP contribution in [-0.4, -0.2) is 10.1 Å². The fourth-order valence-corrected chi connectivity index (χ4v) is 1.97. The summed E-state index contributed by atoms with van der Waals surface area (Å²) in [4.78, 5) is 3.93. The maximum atomic E-state index is 13.7. The lowest BCUT2D eigenvalue weighted by Gasteiger charge is -2.16. The third-order valence-corrected chi connectivity index (χ3v) is 2.96. The van der Waals surface area contributed by atoms with Gasteiger partial charge in [0.05, 0.1) is 0 Å². The summed E-state index contributed by atoms with van der Waals surface area (Å²) in [5, 5.41) is 10.3. The van der Waals surface area contributed by atoms with Crippen LogP contribution in [-0.2, 0) is 0 Å². The van der Waals surface area contributed by atoms with Crippen molar-refractivity contribution in [1.82, 2.24) is 4.98 Å². The van der Waals surface area contributed by atoms with Crippen LogP contribution in [0.15, 0.2) is 30.5 Å². The molecule has 94 valence electrons. The van der Waals surface area contributed by atoms with Crippen LogP contribution in [0, 0.1) is 19.7 Å². The molecule has 3 N–H and O–H groups in total. The van der Waals surface area contributed by atoms with Gasteiger partial charge in [-0.25, -0.2) is 9.37 Å². The molecule has 1 unspecified atom stereocenters. The molecule has 0 saturated heterocycles. The van der Waals surface area contributed by atoms with Gasteiger partial charge in [-0.05, 0) is 31.5 Å². The lowest BCUT2D eigenvalue weighted by atomic mass is 9.97. The van der Waals surface area contributed by atoms with Gasteiger partial charge in [0.2, 0.25) is 0 Å². The second-order valence-electron chi connectivity index (χ2n) is 4.35. The molecule has 0 amide bonds. The van der Waals surface area contributed by atoms with Crippen LogP contribution in [0.1, 0.15) is 28.4 Å². The molecule has 1 aromatic carbocycles. The standard InChI is InChI=1S/C14H15FN2O/c1-8-3-4-11(15)10(7-8)13(18)12-9(2)5-6-17-14(12)16/h3-7,13,18H,1-2H3,(H2,16,17). The second kappa shape index (κ2) is 4.74. The van der Waals surface area contributed by atoms with E-state index < -0.39 is 11.9 Å². The number of anilines is 1. The second-order valence-corrected chi connectivity index (χ2v) is 4.35. The molecule has 0 aliphatic rings. The van der Waals surface area contributed by atoms with Crippen molar-refractivity contribution < 1.29 is 9.50 Å². The number of nitrogen functional groups attached to an aromatic ring is 1. The first kappa shape index (κ1) is 12.5. The highest BCUT2D eigenvalue weighted by Crippen LogP contribution is 2.30. The summed E-state index contributed by atoms with van der Waals surface area (Å²) in [5.41, 5.74) is 8.10. The summed E-state index contributed by atoms with van der Waals surface area (Å²) in [6.45, 7) is 3.65. The maximum absolute atomic E-state index is 13.7. The van der Waals surface area contributed by atoms with E-state index in [1.807, 2.05) is 13.8 Å². The molecule has 0 spiro atoms. The summed E-state index contributed by atoms with van der Waals surface area (Å²) >= 11 is 0. The van der Waals surface area contributed by atoms with E-state index in [4.69, 9.17) is 5.73 Å². The topological polar surface area (TPSA) is 59.1 Å². The van der Waals surface area contributed by atoms with Crippen LogP contribution in [0.4, 0.5) is 10.2 Å². The molecule has 0 aliphatic heterocycles. The highest BCUT2D eigenvalue weighted by molar-refractivity contribution is 5.49. The Bertz CT molecular complexity index is 564. The number of aromatic nitrogens is 1. The molecule has 0 saturated carbocycles. The van der Waals surface area contributed by atoms with Gasteiger partial charge >= 0.3 is 0 Å². The summed E-state index contributed by atoms with van der Waals surface area (Å²) in [6.07, 6.45) is 0.464. The molecule has 4 heteroatoms. The predicted octanol–water partition coefficient (Wildman–Crippen LogP) is 2.50. The monoisotopic (exact) mass is 246 g/mol. The maximum Gasteiger partial charge on any atom is 0.129 e. The molecular formula is C14H15FN2O. The molecule has 0 radical (unpaired) electrons. The molecular weight excluding hydrogens is 231 g/mol. The van der Waals surface area contributed by atoms with Crippen LogP contribution in [0.3, 0.4) is 0 Å². The number of nitrogens with two attached hydrogens (primary N) is 1. The number of hydrogen-bond donors (Lipinski definition) is 2. The van der Waals surface area contributed by atoms with Gasteiger partial charge < -0.3 is 10.8 Å². The van der Waals surface area contributed by atoms with Crippen molar-refractivity contribution in [3.8, 4) is 0 Å². The number of aliphatic hydroxyl groups is 1. The fraction of sp³-hybridized carbons (Fsp3) is 0.214. The van der Waals surface area contributed by atoms with Crippen LogP contribution in [0.25, 0.3) is 0 Å². The van der Waals surface area contributed by atoms with Gasteiger partial charge in [0.15, 0.2) is 0 Å². The minimum absolute atomic E-state index is 0.220. The quantitative estimate of drug-likeness (QED) is 0.856. The van der Waals surface area contributed by atoms with Crippen molar-refractivity contribution in [2.45, 2.75) is 20.0 Å². The summed E-state index contributed by atoms with van der Waals surface area (Å²) < 4.78 is 13.7. The van der Waals surface area contributed by atoms with Gasteiger partial charge in [-0.2, -0.15) is 0 Å². The van der Waals surface area contributed by atoms with Gasteiger partial charge in [0.25, 0.3) is 0 Å². The first-order chi connectivity index (χ1) is 8.50. The van der Waals surface area contributed by atoms with E-state index in [1.165, 1.54) is 6.07 Å². The van der Waals surface area contributed by atoms with Gasteiger partial charge in [-0.3, -0.25) is 0 Å². The molecule has 0 bridgehead atoms. The van der Waals surface area contributed by atoms with Gasteiger partial charge in [0, 0.05) is 17.3 Å². The smallest absolute Gasteiger partial charge is 0.129 e. The Labute approximate surface area is 105 Å². The highest BCUT2D eigenvalue weighted by atomic mass is 19.1. The van der Waals surface area contributed by atoms with Crippen LogP contribution < -0.4 is 5.73 Å². The molecule has 2 rings (SSSR count). The van der Waals surface area contributed by atoms with E-state index in [-0.39, 0.29) is 11.4 Å². The Kier molecular flexibility index (Phi) is 3.30. The summed E-state index contributed by atoms with van der Waals surface area (Å²) in [7, 11) is 0. The lowest BCUT2D eigenvalue weighted by Crippen LogP contribution is -2.09. The molecule has 2 aromatic rings. The molecule has 1 atom stereocenters. The van der Waals surface area contributed by atoms with E-state index in [2.05, 4.69) is 4.98 Å². The molecule has 1 aromatic heterocycles. The van der Waals surface area contributed by atoms with Crippen molar-refractivity contribution in [1.29, 1.82) is 0 Å². The SMILES string of the molecule is Cc1ccc(F)c(C(O)c2c(C)ccnc2N)c1. The van der Waals surface area contributed by atoms with Gasteiger partial charge in [-0.15, -0.1) is 0 Å². The van der Waals surface area contributed by atoms with Crippen LogP contribution in [0.5, 0.6) is 0 Å². The Balaban J connectivity index is 2.54. The third kappa shape index (κ3) is 2.19. The number of rotatable bonds is 2. The zero-order chi connectivity index (χ0) is 13.3. The third-order valence-electron chi connectivity index (χ3n) is 2.96. The van der Waals surface area contributed by atoms with Crippen LogP contribution in [0.2, 0.25) is 0 Å². The Morgan fingerprint density at radius 1 is 1.28 bits per heavy atom. The number of benzene rings is 1. The number of pyridine rings is 1. The van der Waals surface area contributed by atoms with Crippen LogP contribution >= 0.6 is 0 Å². The average molecular weight is 246 g/mol. The van der Waals surface area contributed by atoms with E-state index >= 15 is 0 Å². The van der Waals surface area contributed by atoms with Gasteiger partial charge in [0.1, 0.15) is 17.7 Å². The Hall–Kier alpha value is -1.94. The Morgan fingerprint density at radius 3 is 2.67 bits per heavy atom. The number of halogens is 1. The van der Waals surface area contributed by atoms with Crippen molar-refractivity contribution >= 4 is 5.82 Å². The summed E-state index contributed by atoms with van der Waals surface area (Å²) in [5.74, 6) is -0.223. The zero-order valence-electron chi connectivity index (χ0n) is 10.3. The number of aryl methyl sites for hydroxylation is 2. The normalized spacial score (nSPS) is 12.4. The molecule has 1 heterocycles. The fourth-order valence-electron chi connectivity index (χ4n) is 1.97. The Morgan fingerprint density at radius 2 is 2.00 bits per heavy atom. The van der Waals surface area contributed by atoms with Crippen molar-refractivity contribution in [2.24, 2.45) is 0 Å². The van der Waals surface area contributed by atoms with E-state index in [9.17, 15) is 9.50 Å². The number of aliphatic hydroxyl groups excluding tert-OH is 1. The van der Waals surface area contributed by atoms with E-state index in [0.29, 0.717) is 5.56 Å². The largest absolute Gasteiger partial charge is 0.383 e. The van der Waals surface area contributed by atoms with Gasteiger partial charge in [-0.1, -0.05) is 17.7 Å². The molecule has 3 nitrogen and oxygen atoms in total. The summed E-state index contributed by atoms with van der Waals surface area (Å²) in [6, 6.07) is 6.36.